The van der Waals surface area contributed by atoms with Crippen LogP contribution in [0.2, 0.25) is 0 Å². The van der Waals surface area contributed by atoms with Gasteiger partial charge in [0.2, 0.25) is 0 Å². The van der Waals surface area contributed by atoms with E-state index in [0.29, 0.717) is 22.9 Å². The van der Waals surface area contributed by atoms with E-state index in [1.165, 1.54) is 0 Å². The van der Waals surface area contributed by atoms with E-state index < -0.39 is 0 Å². The maximum Gasteiger partial charge on any atom is 0.259 e. The van der Waals surface area contributed by atoms with Gasteiger partial charge in [-0.2, -0.15) is 5.10 Å². The van der Waals surface area contributed by atoms with Crippen molar-refractivity contribution in [2.75, 3.05) is 22.5 Å². The lowest BCUT2D eigenvalue weighted by Crippen LogP contribution is -2.13. The van der Waals surface area contributed by atoms with Gasteiger partial charge in [-0.25, -0.2) is 14.6 Å². The highest BCUT2D eigenvalue weighted by molar-refractivity contribution is 6.05. The number of aryl methyl sites for hydroxylation is 1. The zero-order valence-corrected chi connectivity index (χ0v) is 18.3. The number of rotatable bonds is 7. The van der Waals surface area contributed by atoms with Gasteiger partial charge in [0.25, 0.3) is 5.91 Å². The van der Waals surface area contributed by atoms with Crippen LogP contribution in [-0.4, -0.2) is 32.2 Å². The summed E-state index contributed by atoms with van der Waals surface area (Å²) in [5, 5.41) is 13.8. The van der Waals surface area contributed by atoms with Crippen LogP contribution in [0, 0.1) is 13.8 Å². The third-order valence-corrected chi connectivity index (χ3v) is 4.87. The average Bonchev–Trinajstić information content (AvgIpc) is 3.17. The van der Waals surface area contributed by atoms with Gasteiger partial charge in [-0.15, -0.1) is 0 Å². The smallest absolute Gasteiger partial charge is 0.259 e. The zero-order chi connectivity index (χ0) is 22.5. The highest BCUT2D eigenvalue weighted by atomic mass is 16.1. The summed E-state index contributed by atoms with van der Waals surface area (Å²) in [6.45, 7) is 6.54. The molecule has 0 aliphatic rings. The van der Waals surface area contributed by atoms with Crippen molar-refractivity contribution in [1.29, 1.82) is 0 Å². The lowest BCUT2D eigenvalue weighted by molar-refractivity contribution is 0.102. The number of carbonyl (C=O) groups is 1. The Morgan fingerprint density at radius 3 is 2.34 bits per heavy atom. The van der Waals surface area contributed by atoms with Crippen molar-refractivity contribution >= 4 is 28.9 Å². The molecule has 32 heavy (non-hydrogen) atoms. The standard InChI is InChI=1S/C24H25N7O/c1-4-25-22-14-23(28-17(3)27-22)29-18-10-12-19(13-11-18)30-24(32)21-15-26-31(16(21)2)20-8-6-5-7-9-20/h5-15H,4H2,1-3H3,(H,30,32)(H2,25,27,28,29). The number of nitrogens with zero attached hydrogens (tertiary/aromatic N) is 4. The summed E-state index contributed by atoms with van der Waals surface area (Å²) in [7, 11) is 0. The van der Waals surface area contributed by atoms with E-state index in [0.717, 1.165) is 29.4 Å². The summed E-state index contributed by atoms with van der Waals surface area (Å²) in [5.41, 5.74) is 3.78. The molecule has 4 aromatic rings. The van der Waals surface area contributed by atoms with Crippen molar-refractivity contribution in [3.8, 4) is 5.69 Å². The minimum atomic E-state index is -0.202. The Morgan fingerprint density at radius 1 is 0.938 bits per heavy atom. The molecule has 162 valence electrons. The molecule has 2 aromatic heterocycles. The molecule has 0 aliphatic carbocycles. The number of amides is 1. The Morgan fingerprint density at radius 2 is 1.62 bits per heavy atom. The third-order valence-electron chi connectivity index (χ3n) is 4.87. The van der Waals surface area contributed by atoms with Gasteiger partial charge in [0, 0.05) is 24.0 Å². The molecule has 0 radical (unpaired) electrons. The fourth-order valence-electron chi connectivity index (χ4n) is 3.35. The van der Waals surface area contributed by atoms with Crippen LogP contribution in [0.3, 0.4) is 0 Å². The minimum Gasteiger partial charge on any atom is -0.370 e. The van der Waals surface area contributed by atoms with E-state index in [-0.39, 0.29) is 5.91 Å². The maximum atomic E-state index is 12.8. The molecule has 2 aromatic carbocycles. The van der Waals surface area contributed by atoms with Crippen LogP contribution in [-0.2, 0) is 0 Å². The first-order valence-electron chi connectivity index (χ1n) is 10.4. The van der Waals surface area contributed by atoms with Gasteiger partial charge in [0.15, 0.2) is 0 Å². The molecule has 0 saturated heterocycles. The van der Waals surface area contributed by atoms with Crippen LogP contribution in [0.5, 0.6) is 0 Å². The van der Waals surface area contributed by atoms with E-state index >= 15 is 0 Å². The van der Waals surface area contributed by atoms with Crippen LogP contribution in [0.1, 0.15) is 28.8 Å². The van der Waals surface area contributed by atoms with E-state index in [9.17, 15) is 4.79 Å². The summed E-state index contributed by atoms with van der Waals surface area (Å²) < 4.78 is 1.76. The van der Waals surface area contributed by atoms with Crippen molar-refractivity contribution in [3.63, 3.8) is 0 Å². The summed E-state index contributed by atoms with van der Waals surface area (Å²) in [5.74, 6) is 1.96. The van der Waals surface area contributed by atoms with Crippen LogP contribution in [0.15, 0.2) is 66.9 Å². The number of hydrogen-bond acceptors (Lipinski definition) is 6. The summed E-state index contributed by atoms with van der Waals surface area (Å²) >= 11 is 0. The maximum absolute atomic E-state index is 12.8. The predicted molar refractivity (Wildman–Crippen MR) is 127 cm³/mol. The Kier molecular flexibility index (Phi) is 6.12. The molecule has 0 saturated carbocycles. The number of aromatic nitrogens is 4. The van der Waals surface area contributed by atoms with E-state index in [4.69, 9.17) is 0 Å². The SMILES string of the molecule is CCNc1cc(Nc2ccc(NC(=O)c3cnn(-c4ccccc4)c3C)cc2)nc(C)n1. The number of nitrogens with one attached hydrogen (secondary N) is 3. The molecule has 0 aliphatic heterocycles. The van der Waals surface area contributed by atoms with Gasteiger partial charge in [-0.3, -0.25) is 4.79 Å². The third kappa shape index (κ3) is 4.75. The number of hydrogen-bond donors (Lipinski definition) is 3. The zero-order valence-electron chi connectivity index (χ0n) is 18.3. The fourth-order valence-corrected chi connectivity index (χ4v) is 3.35. The molecule has 0 spiro atoms. The van der Waals surface area contributed by atoms with Crippen molar-refractivity contribution in [1.82, 2.24) is 19.7 Å². The molecule has 2 heterocycles. The lowest BCUT2D eigenvalue weighted by atomic mass is 10.2. The minimum absolute atomic E-state index is 0.202. The first-order valence-corrected chi connectivity index (χ1v) is 10.4. The second kappa shape index (κ2) is 9.30. The molecule has 1 amide bonds. The first kappa shape index (κ1) is 21.0. The lowest BCUT2D eigenvalue weighted by Gasteiger charge is -2.10. The van der Waals surface area contributed by atoms with E-state index in [1.54, 1.807) is 10.9 Å². The van der Waals surface area contributed by atoms with Gasteiger partial charge >= 0.3 is 0 Å². The van der Waals surface area contributed by atoms with Crippen molar-refractivity contribution in [2.45, 2.75) is 20.8 Å². The number of anilines is 4. The summed E-state index contributed by atoms with van der Waals surface area (Å²) in [4.78, 5) is 21.6. The fraction of sp³-hybridized carbons (Fsp3) is 0.167. The molecule has 8 nitrogen and oxygen atoms in total. The van der Waals surface area contributed by atoms with Gasteiger partial charge in [-0.05, 0) is 57.2 Å². The van der Waals surface area contributed by atoms with E-state index in [2.05, 4.69) is 31.0 Å². The Hall–Kier alpha value is -4.20. The number of para-hydroxylation sites is 1. The highest BCUT2D eigenvalue weighted by Gasteiger charge is 2.15. The molecule has 0 atom stereocenters. The Balaban J connectivity index is 1.44. The molecule has 4 rings (SSSR count). The van der Waals surface area contributed by atoms with Crippen LogP contribution < -0.4 is 16.0 Å². The largest absolute Gasteiger partial charge is 0.370 e. The van der Waals surface area contributed by atoms with Crippen molar-refractivity contribution in [3.05, 3.63) is 83.9 Å². The second-order valence-corrected chi connectivity index (χ2v) is 7.26. The molecule has 0 bridgehead atoms. The molecule has 0 unspecified atom stereocenters. The van der Waals surface area contributed by atoms with E-state index in [1.807, 2.05) is 81.4 Å². The number of benzene rings is 2. The normalized spacial score (nSPS) is 10.6. The molecule has 8 heteroatoms. The average molecular weight is 428 g/mol. The predicted octanol–water partition coefficient (Wildman–Crippen LogP) is 4.71. The second-order valence-electron chi connectivity index (χ2n) is 7.26. The number of carbonyl (C=O) groups excluding carboxylic acids is 1. The van der Waals surface area contributed by atoms with Gasteiger partial charge in [-0.1, -0.05) is 18.2 Å². The van der Waals surface area contributed by atoms with Crippen molar-refractivity contribution in [2.24, 2.45) is 0 Å². The molecule has 0 fully saturated rings. The van der Waals surface area contributed by atoms with Crippen LogP contribution in [0.4, 0.5) is 23.0 Å². The molecular formula is C24H25N7O. The monoisotopic (exact) mass is 427 g/mol. The molecule has 3 N–H and O–H groups in total. The summed E-state index contributed by atoms with van der Waals surface area (Å²) in [6, 6.07) is 19.1. The quantitative estimate of drug-likeness (QED) is 0.395. The van der Waals surface area contributed by atoms with Gasteiger partial charge in [0.05, 0.1) is 23.1 Å². The Bertz CT molecular complexity index is 1220. The Labute approximate surface area is 186 Å². The van der Waals surface area contributed by atoms with Crippen LogP contribution in [0.25, 0.3) is 5.69 Å². The topological polar surface area (TPSA) is 96.8 Å². The van der Waals surface area contributed by atoms with Gasteiger partial charge < -0.3 is 16.0 Å². The van der Waals surface area contributed by atoms with Crippen LogP contribution >= 0.6 is 0 Å². The molecular weight excluding hydrogens is 402 g/mol. The van der Waals surface area contributed by atoms with Gasteiger partial charge in [0.1, 0.15) is 17.5 Å². The summed E-state index contributed by atoms with van der Waals surface area (Å²) in [6.07, 6.45) is 1.59. The van der Waals surface area contributed by atoms with Crippen molar-refractivity contribution < 1.29 is 4.79 Å². The highest BCUT2D eigenvalue weighted by Crippen LogP contribution is 2.21. The first-order chi connectivity index (χ1) is 15.5.